The Hall–Kier alpha value is -3.06. The highest BCUT2D eigenvalue weighted by molar-refractivity contribution is 5.34. The molecule has 0 N–H and O–H groups in total. The van der Waals surface area contributed by atoms with Gasteiger partial charge in [-0.2, -0.15) is 17.6 Å². The predicted octanol–water partition coefficient (Wildman–Crippen LogP) is 7.21. The molecule has 0 saturated carbocycles. The number of hydrogen-bond donors (Lipinski definition) is 0. The maximum atomic E-state index is 13.0. The molecule has 32 heavy (non-hydrogen) atoms. The van der Waals surface area contributed by atoms with Crippen LogP contribution in [0.4, 0.5) is 17.6 Å². The van der Waals surface area contributed by atoms with E-state index in [-0.39, 0.29) is 5.75 Å². The monoisotopic (exact) mass is 448 g/mol. The largest absolute Gasteiger partial charge is 0.461 e. The molecule has 0 amide bonds. The molecule has 0 radical (unpaired) electrons. The summed E-state index contributed by atoms with van der Waals surface area (Å²) in [5.74, 6) is 1.11. The third kappa shape index (κ3) is 6.47. The summed E-state index contributed by atoms with van der Waals surface area (Å²) in [5, 5.41) is 0. The average Bonchev–Trinajstić information content (AvgIpc) is 2.75. The summed E-state index contributed by atoms with van der Waals surface area (Å²) in [6, 6.07) is 22.7. The van der Waals surface area contributed by atoms with Crippen molar-refractivity contribution in [1.82, 2.24) is 0 Å². The number of benzene rings is 3. The van der Waals surface area contributed by atoms with Gasteiger partial charge in [-0.3, -0.25) is 0 Å². The molecule has 7 heteroatoms. The minimum atomic E-state index is -4.53. The first-order chi connectivity index (χ1) is 15.2. The molecule has 0 aliphatic heterocycles. The second-order valence-electron chi connectivity index (χ2n) is 7.93. The SMILES string of the molecule is CC(C)(COCc1cccc(Oc2ccccc2)c1)c1ccc(OC(F)(F)C(F)F)cc1. The smallest absolute Gasteiger partial charge is 0.457 e. The van der Waals surface area contributed by atoms with Gasteiger partial charge in [-0.15, -0.1) is 0 Å². The molecule has 0 atom stereocenters. The van der Waals surface area contributed by atoms with Crippen LogP contribution in [0.3, 0.4) is 0 Å². The van der Waals surface area contributed by atoms with Crippen LogP contribution in [0.1, 0.15) is 25.0 Å². The number of ether oxygens (including phenoxy) is 3. The molecular weight excluding hydrogens is 424 g/mol. The van der Waals surface area contributed by atoms with Crippen molar-refractivity contribution in [3.63, 3.8) is 0 Å². The van der Waals surface area contributed by atoms with E-state index >= 15 is 0 Å². The minimum Gasteiger partial charge on any atom is -0.457 e. The van der Waals surface area contributed by atoms with Gasteiger partial charge in [0.05, 0.1) is 13.2 Å². The number of para-hydroxylation sites is 1. The maximum absolute atomic E-state index is 13.0. The van der Waals surface area contributed by atoms with Gasteiger partial charge in [0, 0.05) is 5.41 Å². The van der Waals surface area contributed by atoms with Gasteiger partial charge in [-0.25, -0.2) is 0 Å². The van der Waals surface area contributed by atoms with Crippen LogP contribution in [0.25, 0.3) is 0 Å². The second-order valence-corrected chi connectivity index (χ2v) is 7.93. The first kappa shape index (κ1) is 23.6. The third-order valence-electron chi connectivity index (χ3n) is 4.75. The Labute approximate surface area is 184 Å². The molecular formula is C25H24F4O3. The minimum absolute atomic E-state index is 0.328. The lowest BCUT2D eigenvalue weighted by Gasteiger charge is -2.26. The molecule has 0 heterocycles. The van der Waals surface area contributed by atoms with Gasteiger partial charge < -0.3 is 14.2 Å². The number of hydrogen-bond acceptors (Lipinski definition) is 3. The summed E-state index contributed by atoms with van der Waals surface area (Å²) in [5.41, 5.74) is 1.29. The van der Waals surface area contributed by atoms with Crippen LogP contribution in [0.2, 0.25) is 0 Å². The van der Waals surface area contributed by atoms with Crippen molar-refractivity contribution in [3.05, 3.63) is 90.0 Å². The highest BCUT2D eigenvalue weighted by Crippen LogP contribution is 2.30. The summed E-state index contributed by atoms with van der Waals surface area (Å²) in [6.07, 6.45) is -8.43. The topological polar surface area (TPSA) is 27.7 Å². The molecule has 0 aliphatic rings. The summed E-state index contributed by atoms with van der Waals surface area (Å²) < 4.78 is 66.5. The molecule has 0 aromatic heterocycles. The zero-order valence-electron chi connectivity index (χ0n) is 17.7. The quantitative estimate of drug-likeness (QED) is 0.307. The molecule has 0 saturated heterocycles. The van der Waals surface area contributed by atoms with Crippen molar-refractivity contribution in [2.75, 3.05) is 6.61 Å². The Morgan fingerprint density at radius 3 is 2.09 bits per heavy atom. The van der Waals surface area contributed by atoms with Crippen LogP contribution < -0.4 is 9.47 Å². The average molecular weight is 448 g/mol. The molecule has 170 valence electrons. The van der Waals surface area contributed by atoms with Crippen molar-refractivity contribution in [2.45, 2.75) is 38.4 Å². The predicted molar refractivity (Wildman–Crippen MR) is 114 cm³/mol. The normalized spacial score (nSPS) is 12.1. The Bertz CT molecular complexity index is 990. The standard InChI is InChI=1S/C25H24F4O3/c1-24(2,19-11-13-21(14-12-19)32-25(28,29)23(26)27)17-30-16-18-7-6-10-22(15-18)31-20-8-4-3-5-9-20/h3-15,23H,16-17H2,1-2H3. The number of alkyl halides is 4. The number of rotatable bonds is 10. The Kier molecular flexibility index (Phi) is 7.40. The molecule has 3 aromatic carbocycles. The van der Waals surface area contributed by atoms with Crippen molar-refractivity contribution in [2.24, 2.45) is 0 Å². The summed E-state index contributed by atoms with van der Waals surface area (Å²) >= 11 is 0. The Balaban J connectivity index is 1.55. The highest BCUT2D eigenvalue weighted by atomic mass is 19.3. The fraction of sp³-hybridized carbons (Fsp3) is 0.280. The zero-order valence-corrected chi connectivity index (χ0v) is 17.7. The zero-order chi connectivity index (χ0) is 23.2. The van der Waals surface area contributed by atoms with E-state index in [9.17, 15) is 17.6 Å². The van der Waals surface area contributed by atoms with Crippen LogP contribution in [-0.2, 0) is 16.8 Å². The summed E-state index contributed by atoms with van der Waals surface area (Å²) in [7, 11) is 0. The van der Waals surface area contributed by atoms with Crippen LogP contribution >= 0.6 is 0 Å². The summed E-state index contributed by atoms with van der Waals surface area (Å²) in [4.78, 5) is 0. The lowest BCUT2D eigenvalue weighted by atomic mass is 9.85. The molecule has 0 bridgehead atoms. The van der Waals surface area contributed by atoms with Gasteiger partial charge in [-0.05, 0) is 47.5 Å². The van der Waals surface area contributed by atoms with Crippen LogP contribution in [0.15, 0.2) is 78.9 Å². The van der Waals surface area contributed by atoms with E-state index in [1.165, 1.54) is 12.1 Å². The van der Waals surface area contributed by atoms with Crippen LogP contribution in [0.5, 0.6) is 17.2 Å². The first-order valence-electron chi connectivity index (χ1n) is 10.0. The van der Waals surface area contributed by atoms with Crippen LogP contribution in [0, 0.1) is 0 Å². The van der Waals surface area contributed by atoms with Crippen molar-refractivity contribution in [3.8, 4) is 17.2 Å². The molecule has 0 spiro atoms. The molecule has 0 fully saturated rings. The van der Waals surface area contributed by atoms with Crippen molar-refractivity contribution >= 4 is 0 Å². The van der Waals surface area contributed by atoms with Gasteiger partial charge in [0.2, 0.25) is 0 Å². The molecule has 0 unspecified atom stereocenters. The fourth-order valence-electron chi connectivity index (χ4n) is 3.01. The van der Waals surface area contributed by atoms with E-state index in [4.69, 9.17) is 9.47 Å². The van der Waals surface area contributed by atoms with Gasteiger partial charge in [-0.1, -0.05) is 56.3 Å². The van der Waals surface area contributed by atoms with Crippen molar-refractivity contribution in [1.29, 1.82) is 0 Å². The molecule has 3 aromatic rings. The van der Waals surface area contributed by atoms with E-state index < -0.39 is 17.9 Å². The van der Waals surface area contributed by atoms with E-state index in [2.05, 4.69) is 4.74 Å². The maximum Gasteiger partial charge on any atom is 0.461 e. The van der Waals surface area contributed by atoms with E-state index in [0.717, 1.165) is 16.9 Å². The summed E-state index contributed by atoms with van der Waals surface area (Å²) in [6.45, 7) is 4.58. The van der Waals surface area contributed by atoms with E-state index in [1.54, 1.807) is 12.1 Å². The lowest BCUT2D eigenvalue weighted by molar-refractivity contribution is -0.253. The highest BCUT2D eigenvalue weighted by Gasteiger charge is 2.44. The van der Waals surface area contributed by atoms with Gasteiger partial charge in [0.25, 0.3) is 0 Å². The Morgan fingerprint density at radius 1 is 0.781 bits per heavy atom. The lowest BCUT2D eigenvalue weighted by Crippen LogP contribution is -2.33. The van der Waals surface area contributed by atoms with Gasteiger partial charge in [0.15, 0.2) is 0 Å². The molecule has 3 nitrogen and oxygen atoms in total. The molecule has 3 rings (SSSR count). The second kappa shape index (κ2) is 10.0. The Morgan fingerprint density at radius 2 is 1.44 bits per heavy atom. The van der Waals surface area contributed by atoms with Gasteiger partial charge >= 0.3 is 12.5 Å². The number of halogens is 4. The first-order valence-corrected chi connectivity index (χ1v) is 10.0. The van der Waals surface area contributed by atoms with Crippen molar-refractivity contribution < 1.29 is 31.8 Å². The van der Waals surface area contributed by atoms with E-state index in [0.29, 0.717) is 19.0 Å². The van der Waals surface area contributed by atoms with Crippen LogP contribution in [-0.4, -0.2) is 19.1 Å². The van der Waals surface area contributed by atoms with Gasteiger partial charge in [0.1, 0.15) is 17.2 Å². The fourth-order valence-corrected chi connectivity index (χ4v) is 3.01. The molecule has 0 aliphatic carbocycles. The third-order valence-corrected chi connectivity index (χ3v) is 4.75. The van der Waals surface area contributed by atoms with E-state index in [1.807, 2.05) is 68.4 Å².